The molecule has 0 aliphatic carbocycles. The summed E-state index contributed by atoms with van der Waals surface area (Å²) in [5.41, 5.74) is 0. The fraction of sp³-hybridized carbons (Fsp3) is 0.776. The van der Waals surface area contributed by atoms with Gasteiger partial charge in [-0.05, 0) is 85.7 Å². The van der Waals surface area contributed by atoms with Gasteiger partial charge in [-0.1, -0.05) is 263 Å². The molecule has 0 saturated heterocycles. The summed E-state index contributed by atoms with van der Waals surface area (Å²) < 4.78 is 19.0. The third kappa shape index (κ3) is 30.4. The SMILES string of the molecule is CCCCCCCCC(CCCCCC)CC(=O)OCCCCCC(CCCCCOC(=O)CN(C)C(=O)CC(CCCCCC)CCCCCCCC)N(C)CCO[Si](c1ccccc1)(c1ccccc1)C(C)(C)C. The maximum Gasteiger partial charge on any atom is 0.325 e. The second-order valence-corrected chi connectivity index (χ2v) is 28.3. The van der Waals surface area contributed by atoms with Crippen molar-refractivity contribution in [3.05, 3.63) is 60.7 Å². The molecule has 2 rings (SSSR count). The van der Waals surface area contributed by atoms with Crippen LogP contribution in [-0.4, -0.2) is 89.0 Å². The van der Waals surface area contributed by atoms with Crippen molar-refractivity contribution in [2.24, 2.45) is 11.8 Å². The molecule has 2 aromatic carbocycles. The minimum atomic E-state index is -2.66. The van der Waals surface area contributed by atoms with E-state index in [0.29, 0.717) is 50.5 Å². The molecule has 436 valence electrons. The molecule has 0 aliphatic heterocycles. The third-order valence-corrected chi connectivity index (χ3v) is 21.3. The zero-order valence-electron chi connectivity index (χ0n) is 50.9. The van der Waals surface area contributed by atoms with E-state index in [9.17, 15) is 14.4 Å². The number of esters is 2. The zero-order valence-corrected chi connectivity index (χ0v) is 51.9. The van der Waals surface area contributed by atoms with Gasteiger partial charge in [0.15, 0.2) is 0 Å². The summed E-state index contributed by atoms with van der Waals surface area (Å²) in [4.78, 5) is 43.6. The van der Waals surface area contributed by atoms with Gasteiger partial charge in [-0.2, -0.15) is 0 Å². The minimum Gasteiger partial charge on any atom is -0.466 e. The Balaban J connectivity index is 1.99. The number of hydrogen-bond acceptors (Lipinski definition) is 7. The van der Waals surface area contributed by atoms with Gasteiger partial charge in [0.05, 0.1) is 13.2 Å². The Morgan fingerprint density at radius 1 is 0.461 bits per heavy atom. The second kappa shape index (κ2) is 43.8. The van der Waals surface area contributed by atoms with Gasteiger partial charge in [0.2, 0.25) is 5.91 Å². The van der Waals surface area contributed by atoms with Crippen LogP contribution in [0.3, 0.4) is 0 Å². The van der Waals surface area contributed by atoms with E-state index in [4.69, 9.17) is 13.9 Å². The number of hydrogen-bond donors (Lipinski definition) is 0. The molecule has 76 heavy (non-hydrogen) atoms. The number of amides is 1. The first-order chi connectivity index (χ1) is 36.8. The number of carbonyl (C=O) groups excluding carboxylic acids is 3. The van der Waals surface area contributed by atoms with Crippen molar-refractivity contribution in [1.29, 1.82) is 0 Å². The third-order valence-electron chi connectivity index (χ3n) is 16.3. The van der Waals surface area contributed by atoms with Crippen molar-refractivity contribution in [3.8, 4) is 0 Å². The molecule has 0 heterocycles. The molecule has 0 spiro atoms. The van der Waals surface area contributed by atoms with Gasteiger partial charge in [0, 0.05) is 39.1 Å². The van der Waals surface area contributed by atoms with Crippen LogP contribution >= 0.6 is 0 Å². The molecule has 0 fully saturated rings. The predicted octanol–water partition coefficient (Wildman–Crippen LogP) is 17.0. The molecule has 2 aromatic rings. The lowest BCUT2D eigenvalue weighted by Crippen LogP contribution is -2.67. The number of rotatable bonds is 49. The molecule has 3 atom stereocenters. The molecule has 1 amide bonds. The first-order valence-corrected chi connectivity index (χ1v) is 33.7. The summed E-state index contributed by atoms with van der Waals surface area (Å²) in [6.07, 6.45) is 38.7. The quantitative estimate of drug-likeness (QED) is 0.0371. The van der Waals surface area contributed by atoms with Gasteiger partial charge < -0.3 is 23.7 Å². The largest absolute Gasteiger partial charge is 0.466 e. The van der Waals surface area contributed by atoms with E-state index in [1.54, 1.807) is 11.9 Å². The molecular formula is C67H118N2O6Si. The van der Waals surface area contributed by atoms with Crippen LogP contribution in [0.15, 0.2) is 60.7 Å². The van der Waals surface area contributed by atoms with Crippen LogP contribution in [0.25, 0.3) is 0 Å². The van der Waals surface area contributed by atoms with Crippen LogP contribution in [0.5, 0.6) is 0 Å². The average Bonchev–Trinajstić information content (AvgIpc) is 3.40. The number of nitrogens with zero attached hydrogens (tertiary/aromatic N) is 2. The summed E-state index contributed by atoms with van der Waals surface area (Å²) >= 11 is 0. The smallest absolute Gasteiger partial charge is 0.325 e. The van der Waals surface area contributed by atoms with Crippen LogP contribution in [-0.2, 0) is 28.3 Å². The van der Waals surface area contributed by atoms with E-state index < -0.39 is 8.32 Å². The molecular weight excluding hydrogens is 957 g/mol. The fourth-order valence-corrected chi connectivity index (χ4v) is 16.0. The molecule has 0 N–H and O–H groups in total. The summed E-state index contributed by atoms with van der Waals surface area (Å²) in [6, 6.07) is 22.2. The van der Waals surface area contributed by atoms with Crippen molar-refractivity contribution < 1.29 is 28.3 Å². The van der Waals surface area contributed by atoms with Gasteiger partial charge in [-0.15, -0.1) is 0 Å². The van der Waals surface area contributed by atoms with E-state index in [-0.39, 0.29) is 29.4 Å². The highest BCUT2D eigenvalue weighted by atomic mass is 28.4. The highest BCUT2D eigenvalue weighted by Crippen LogP contribution is 2.37. The Hall–Kier alpha value is -3.01. The Morgan fingerprint density at radius 3 is 1.26 bits per heavy atom. The molecule has 0 saturated carbocycles. The van der Waals surface area contributed by atoms with Crippen LogP contribution in [0.2, 0.25) is 5.04 Å². The average molecular weight is 1080 g/mol. The molecule has 0 aromatic heterocycles. The monoisotopic (exact) mass is 1070 g/mol. The topological polar surface area (TPSA) is 85.4 Å². The summed E-state index contributed by atoms with van der Waals surface area (Å²) in [5.74, 6) is 0.581. The molecule has 8 nitrogen and oxygen atoms in total. The second-order valence-electron chi connectivity index (χ2n) is 24.0. The predicted molar refractivity (Wildman–Crippen MR) is 326 cm³/mol. The summed E-state index contributed by atoms with van der Waals surface area (Å²) in [6.45, 7) is 18.4. The molecule has 0 aliphatic rings. The summed E-state index contributed by atoms with van der Waals surface area (Å²) in [5, 5.41) is 2.51. The van der Waals surface area contributed by atoms with Gasteiger partial charge in [-0.25, -0.2) is 0 Å². The molecule has 0 radical (unpaired) electrons. The van der Waals surface area contributed by atoms with Gasteiger partial charge >= 0.3 is 11.9 Å². The van der Waals surface area contributed by atoms with Crippen molar-refractivity contribution >= 4 is 36.5 Å². The van der Waals surface area contributed by atoms with Gasteiger partial charge in [-0.3, -0.25) is 14.4 Å². The minimum absolute atomic E-state index is 0.00751. The first-order valence-electron chi connectivity index (χ1n) is 31.8. The fourth-order valence-electron chi connectivity index (χ4n) is 11.4. The standard InChI is InChI=1S/C67H118N2O6Si/c1-10-14-18-22-24-32-43-59(42-30-20-16-12-3)56-64(70)69(9)58-66(72)74-54-41-29-35-47-61(46-34-28-40-53-73-65(71)57-60(44-31-21-17-13-4)45-33-25-23-19-15-11-2)68(8)52-55-75-76(67(5,6)7,62-48-36-26-37-49-62)63-50-38-27-39-51-63/h26-27,36-39,48-51,59-61H,10-25,28-35,40-47,52-58H2,1-9H3. The number of benzene rings is 2. The Bertz CT molecular complexity index is 1660. The Morgan fingerprint density at radius 2 is 0.829 bits per heavy atom. The maximum absolute atomic E-state index is 13.4. The molecule has 9 heteroatoms. The van der Waals surface area contributed by atoms with E-state index in [2.05, 4.69) is 121 Å². The van der Waals surface area contributed by atoms with E-state index in [0.717, 1.165) is 83.6 Å². The maximum atomic E-state index is 13.4. The van der Waals surface area contributed by atoms with Gasteiger partial charge in [0.25, 0.3) is 8.32 Å². The van der Waals surface area contributed by atoms with Crippen LogP contribution < -0.4 is 10.4 Å². The van der Waals surface area contributed by atoms with Crippen LogP contribution in [0.4, 0.5) is 0 Å². The van der Waals surface area contributed by atoms with E-state index >= 15 is 0 Å². The van der Waals surface area contributed by atoms with Crippen molar-refractivity contribution in [1.82, 2.24) is 9.80 Å². The number of likely N-dealkylation sites (N-methyl/N-ethyl adjacent to an activating group) is 2. The first kappa shape index (κ1) is 69.1. The van der Waals surface area contributed by atoms with Gasteiger partial charge in [0.1, 0.15) is 6.54 Å². The molecule has 3 unspecified atom stereocenters. The number of ether oxygens (including phenoxy) is 2. The van der Waals surface area contributed by atoms with E-state index in [1.807, 2.05) is 0 Å². The zero-order chi connectivity index (χ0) is 55.5. The van der Waals surface area contributed by atoms with Crippen molar-refractivity contribution in [2.75, 3.05) is 47.0 Å². The number of carbonyl (C=O) groups is 3. The lowest BCUT2D eigenvalue weighted by Gasteiger charge is -2.43. The Labute approximate surface area is 469 Å². The lowest BCUT2D eigenvalue weighted by molar-refractivity contribution is -0.149. The van der Waals surface area contributed by atoms with Crippen LogP contribution in [0.1, 0.15) is 267 Å². The Kier molecular flexibility index (Phi) is 39.8. The summed E-state index contributed by atoms with van der Waals surface area (Å²) in [7, 11) is 1.36. The normalized spacial score (nSPS) is 13.2. The highest BCUT2D eigenvalue weighted by Gasteiger charge is 2.50. The lowest BCUT2D eigenvalue weighted by atomic mass is 9.91. The van der Waals surface area contributed by atoms with Crippen LogP contribution in [0, 0.1) is 11.8 Å². The number of unbranched alkanes of at least 4 members (excludes halogenated alkanes) is 20. The van der Waals surface area contributed by atoms with Crippen molar-refractivity contribution in [3.63, 3.8) is 0 Å². The van der Waals surface area contributed by atoms with Crippen molar-refractivity contribution in [2.45, 2.75) is 278 Å². The highest BCUT2D eigenvalue weighted by molar-refractivity contribution is 6.99. The van der Waals surface area contributed by atoms with E-state index in [1.165, 1.54) is 139 Å². The molecule has 0 bridgehead atoms.